The number of aliphatic hydroxyl groups is 2. The molecule has 2 aromatic rings. The summed E-state index contributed by atoms with van der Waals surface area (Å²) >= 11 is 0. The standard InChI is InChI=1S/C17H21N3O2.C13H28.H2/c1-14-13-16(20(9-11-21)10-12-22)7-8-17(14)19-18-15-5-3-2-4-6-15;1-3-5-7-9-11-13-12-10-8-6-4-2;/h2-8,13,21-22H,9-12H2,1H3;3-13H2,1-2H3;1H/i;;1+1. The lowest BCUT2D eigenvalue weighted by Crippen LogP contribution is -2.29. The highest BCUT2D eigenvalue weighted by Gasteiger charge is 2.07. The van der Waals surface area contributed by atoms with E-state index in [2.05, 4.69) is 24.1 Å². The summed E-state index contributed by atoms with van der Waals surface area (Å²) in [6, 6.07) is 15.4. The highest BCUT2D eigenvalue weighted by atomic mass is 16.3. The molecule has 35 heavy (non-hydrogen) atoms. The quantitative estimate of drug-likeness (QED) is 0.173. The molecule has 0 spiro atoms. The Morgan fingerprint density at radius 1 is 0.686 bits per heavy atom. The number of nitrogens with zero attached hydrogens (tertiary/aromatic N) is 3. The maximum absolute atomic E-state index is 9.10. The van der Waals surface area contributed by atoms with Gasteiger partial charge < -0.3 is 15.1 Å². The molecule has 198 valence electrons. The summed E-state index contributed by atoms with van der Waals surface area (Å²) in [6.45, 7) is 7.62. The molecular formula is C30H51N3O2. The van der Waals surface area contributed by atoms with Gasteiger partial charge in [-0.25, -0.2) is 0 Å². The van der Waals surface area contributed by atoms with Crippen LogP contribution in [0.2, 0.25) is 0 Å². The second kappa shape index (κ2) is 21.1. The first-order valence-corrected chi connectivity index (χ1v) is 13.7. The molecule has 0 aliphatic rings. The molecule has 0 amide bonds. The molecule has 0 bridgehead atoms. The third-order valence-corrected chi connectivity index (χ3v) is 6.02. The smallest absolute Gasteiger partial charge is 0.0887 e. The van der Waals surface area contributed by atoms with E-state index in [-0.39, 0.29) is 14.6 Å². The molecule has 2 aromatic carbocycles. The van der Waals surface area contributed by atoms with Crippen molar-refractivity contribution in [3.63, 3.8) is 0 Å². The van der Waals surface area contributed by atoms with Gasteiger partial charge in [0.1, 0.15) is 0 Å². The zero-order valence-electron chi connectivity index (χ0n) is 22.5. The Balaban J connectivity index is 0.000000758. The molecule has 2 N–H and O–H groups in total. The van der Waals surface area contributed by atoms with Gasteiger partial charge in [-0.15, -0.1) is 0 Å². The third kappa shape index (κ3) is 14.7. The lowest BCUT2D eigenvalue weighted by atomic mass is 10.1. The Labute approximate surface area is 215 Å². The van der Waals surface area contributed by atoms with Crippen molar-refractivity contribution in [3.05, 3.63) is 54.1 Å². The number of hydrogen-bond acceptors (Lipinski definition) is 5. The minimum absolute atomic E-state index is 0. The van der Waals surface area contributed by atoms with Crippen LogP contribution in [0, 0.1) is 6.92 Å². The number of aryl methyl sites for hydroxylation is 1. The number of hydrogen-bond donors (Lipinski definition) is 2. The van der Waals surface area contributed by atoms with Crippen LogP contribution in [-0.2, 0) is 0 Å². The molecule has 0 aliphatic carbocycles. The number of aliphatic hydroxyl groups excluding tert-OH is 2. The van der Waals surface area contributed by atoms with Crippen LogP contribution < -0.4 is 4.90 Å². The Morgan fingerprint density at radius 2 is 1.20 bits per heavy atom. The van der Waals surface area contributed by atoms with Gasteiger partial charge in [0, 0.05) is 20.2 Å². The molecule has 0 aliphatic heterocycles. The van der Waals surface area contributed by atoms with Crippen LogP contribution in [0.4, 0.5) is 17.1 Å². The van der Waals surface area contributed by atoms with E-state index in [1.54, 1.807) is 0 Å². The van der Waals surface area contributed by atoms with Gasteiger partial charge in [-0.3, -0.25) is 0 Å². The third-order valence-electron chi connectivity index (χ3n) is 6.02. The number of azo groups is 1. The largest absolute Gasteiger partial charge is 0.395 e. The molecule has 0 radical (unpaired) electrons. The summed E-state index contributed by atoms with van der Waals surface area (Å²) in [7, 11) is 0. The first kappa shape index (κ1) is 30.8. The first-order valence-electron chi connectivity index (χ1n) is 13.7. The normalized spacial score (nSPS) is 10.9. The van der Waals surface area contributed by atoms with E-state index in [0.717, 1.165) is 22.6 Å². The van der Waals surface area contributed by atoms with E-state index in [4.69, 9.17) is 10.2 Å². The van der Waals surface area contributed by atoms with Crippen molar-refractivity contribution in [1.29, 1.82) is 0 Å². The summed E-state index contributed by atoms with van der Waals surface area (Å²) < 4.78 is 0. The fourth-order valence-corrected chi connectivity index (χ4v) is 3.90. The molecule has 0 heterocycles. The molecule has 5 heteroatoms. The average molecular weight is 487 g/mol. The topological polar surface area (TPSA) is 68.4 Å². The minimum Gasteiger partial charge on any atom is -0.395 e. The van der Waals surface area contributed by atoms with E-state index in [1.807, 2.05) is 60.4 Å². The van der Waals surface area contributed by atoms with Gasteiger partial charge in [-0.05, 0) is 42.8 Å². The molecule has 0 atom stereocenters. The molecule has 2 rings (SSSR count). The molecule has 0 unspecified atom stereocenters. The van der Waals surface area contributed by atoms with Crippen LogP contribution in [0.3, 0.4) is 0 Å². The van der Waals surface area contributed by atoms with E-state index in [1.165, 1.54) is 70.6 Å². The summed E-state index contributed by atoms with van der Waals surface area (Å²) in [4.78, 5) is 1.94. The van der Waals surface area contributed by atoms with E-state index >= 15 is 0 Å². The lowest BCUT2D eigenvalue weighted by Gasteiger charge is -2.23. The van der Waals surface area contributed by atoms with Crippen molar-refractivity contribution in [2.24, 2.45) is 10.2 Å². The Bertz CT molecular complexity index is 771. The Morgan fingerprint density at radius 3 is 1.66 bits per heavy atom. The van der Waals surface area contributed by atoms with Crippen LogP contribution in [0.15, 0.2) is 58.8 Å². The lowest BCUT2D eigenvalue weighted by molar-refractivity contribution is 0.281. The van der Waals surface area contributed by atoms with Crippen LogP contribution in [0.5, 0.6) is 0 Å². The highest BCUT2D eigenvalue weighted by molar-refractivity contribution is 5.57. The van der Waals surface area contributed by atoms with Crippen molar-refractivity contribution in [3.8, 4) is 0 Å². The molecule has 0 fully saturated rings. The fourth-order valence-electron chi connectivity index (χ4n) is 3.90. The minimum atomic E-state index is 0. The summed E-state index contributed by atoms with van der Waals surface area (Å²) in [5.41, 5.74) is 3.58. The van der Waals surface area contributed by atoms with E-state index < -0.39 is 0 Å². The van der Waals surface area contributed by atoms with Gasteiger partial charge in [0.05, 0.1) is 24.6 Å². The summed E-state index contributed by atoms with van der Waals surface area (Å²) in [5, 5.41) is 26.7. The van der Waals surface area contributed by atoms with Crippen LogP contribution >= 0.6 is 0 Å². The van der Waals surface area contributed by atoms with Gasteiger partial charge >= 0.3 is 0 Å². The average Bonchev–Trinajstić information content (AvgIpc) is 2.88. The molecule has 0 saturated heterocycles. The van der Waals surface area contributed by atoms with Crippen molar-refractivity contribution in [2.45, 2.75) is 91.4 Å². The Hall–Kier alpha value is -2.24. The van der Waals surface area contributed by atoms with E-state index in [9.17, 15) is 0 Å². The molecule has 5 nitrogen and oxygen atoms in total. The summed E-state index contributed by atoms with van der Waals surface area (Å²) in [6.07, 6.45) is 15.9. The van der Waals surface area contributed by atoms with Crippen LogP contribution in [0.1, 0.15) is 91.5 Å². The van der Waals surface area contributed by atoms with Gasteiger partial charge in [0.2, 0.25) is 0 Å². The van der Waals surface area contributed by atoms with E-state index in [0.29, 0.717) is 13.1 Å². The molecular weight excluding hydrogens is 434 g/mol. The zero-order chi connectivity index (χ0) is 25.6. The predicted octanol–water partition coefficient (Wildman–Crippen LogP) is 8.76. The number of rotatable bonds is 17. The number of unbranched alkanes of at least 4 members (excludes halogenated alkanes) is 10. The predicted molar refractivity (Wildman–Crippen MR) is 152 cm³/mol. The number of benzene rings is 2. The van der Waals surface area contributed by atoms with Gasteiger partial charge in [-0.1, -0.05) is 103 Å². The summed E-state index contributed by atoms with van der Waals surface area (Å²) in [5.74, 6) is 0. The SMILES string of the molecule is CCCCCCCCCCCCC.Cc1cc(N(CCO)CCO)ccc1N=Nc1ccccc1.[2HH]. The van der Waals surface area contributed by atoms with Crippen molar-refractivity contribution < 1.29 is 11.6 Å². The first-order chi connectivity index (χ1) is 17.2. The second-order valence-electron chi connectivity index (χ2n) is 9.12. The highest BCUT2D eigenvalue weighted by Crippen LogP contribution is 2.26. The molecule has 0 saturated carbocycles. The van der Waals surface area contributed by atoms with Crippen molar-refractivity contribution >= 4 is 17.1 Å². The van der Waals surface area contributed by atoms with Crippen LogP contribution in [-0.4, -0.2) is 36.5 Å². The van der Waals surface area contributed by atoms with Crippen molar-refractivity contribution in [2.75, 3.05) is 31.2 Å². The Kier molecular flexibility index (Phi) is 18.5. The van der Waals surface area contributed by atoms with Gasteiger partial charge in [0.25, 0.3) is 0 Å². The number of anilines is 1. The second-order valence-corrected chi connectivity index (χ2v) is 9.12. The van der Waals surface area contributed by atoms with Crippen LogP contribution in [0.25, 0.3) is 0 Å². The monoisotopic (exact) mass is 486 g/mol. The van der Waals surface area contributed by atoms with Gasteiger partial charge in [0.15, 0.2) is 0 Å². The maximum atomic E-state index is 9.10. The van der Waals surface area contributed by atoms with Crippen molar-refractivity contribution in [1.82, 2.24) is 0 Å². The maximum Gasteiger partial charge on any atom is 0.0887 e. The fraction of sp³-hybridized carbons (Fsp3) is 0.600. The van der Waals surface area contributed by atoms with Gasteiger partial charge in [-0.2, -0.15) is 10.2 Å². The molecule has 0 aromatic heterocycles. The zero-order valence-corrected chi connectivity index (χ0v) is 22.5.